The summed E-state index contributed by atoms with van der Waals surface area (Å²) in [6.45, 7) is 12.0. The fourth-order valence-electron chi connectivity index (χ4n) is 7.68. The quantitative estimate of drug-likeness (QED) is 0.168. The van der Waals surface area contributed by atoms with Crippen molar-refractivity contribution in [3.05, 3.63) is 167 Å². The smallest absolute Gasteiger partial charge is 0.149 e. The third kappa shape index (κ3) is 7.52. The number of aryl methyl sites for hydroxylation is 2. The molecule has 0 amide bonds. The third-order valence-corrected chi connectivity index (χ3v) is 10.5. The first-order chi connectivity index (χ1) is 30.2. The summed E-state index contributed by atoms with van der Waals surface area (Å²) in [4.78, 5) is 10.2. The molecule has 0 spiro atoms. The molecule has 0 atom stereocenters. The Kier molecular flexibility index (Phi) is 7.88. The van der Waals surface area contributed by atoms with Crippen LogP contribution in [0.3, 0.4) is 0 Å². The number of aromatic nitrogens is 3. The van der Waals surface area contributed by atoms with Crippen molar-refractivity contribution in [1.82, 2.24) is 14.5 Å². The lowest BCUT2D eigenvalue weighted by molar-refractivity contribution is 0.472. The standard InChI is InChI=1S/C53H51N3O/c1-33(2)25-37-19-22-48(45(28-37)39-13-10-9-11-14-39)56-49-16-12-15-44(50(49)55-52(56)46-27-35(4)26-36(5)51(46)57)41-29-42(31-43(30-41)53(6,7)8)47-32-40(23-24-54-47)38-20-17-34(3)18-21-38/h9-24,26-33,57H,25H2,1-8H3/i3D3,17D,18D,20D,21D. The normalized spacial score (nSPS) is 13.8. The Labute approximate surface area is 347 Å². The molecule has 0 saturated heterocycles. The van der Waals surface area contributed by atoms with Gasteiger partial charge >= 0.3 is 0 Å². The van der Waals surface area contributed by atoms with E-state index in [1.54, 1.807) is 18.3 Å². The average molecular weight is 753 g/mol. The van der Waals surface area contributed by atoms with E-state index in [0.29, 0.717) is 28.6 Å². The van der Waals surface area contributed by atoms with Crippen LogP contribution in [0, 0.1) is 26.6 Å². The average Bonchev–Trinajstić information content (AvgIpc) is 3.63. The molecular formula is C53H51N3O. The number of hydrogen-bond acceptors (Lipinski definition) is 3. The molecule has 0 aliphatic heterocycles. The molecular weight excluding hydrogens is 695 g/mol. The van der Waals surface area contributed by atoms with Gasteiger partial charge in [0.05, 0.1) is 33.5 Å². The first kappa shape index (κ1) is 30.0. The van der Waals surface area contributed by atoms with Gasteiger partial charge in [0.2, 0.25) is 0 Å². The van der Waals surface area contributed by atoms with Crippen LogP contribution in [0.2, 0.25) is 0 Å². The van der Waals surface area contributed by atoms with Gasteiger partial charge in [-0.25, -0.2) is 4.98 Å². The zero-order valence-electron chi connectivity index (χ0n) is 40.5. The summed E-state index contributed by atoms with van der Waals surface area (Å²) in [5, 5.41) is 11.8. The van der Waals surface area contributed by atoms with Crippen LogP contribution in [0.1, 0.15) is 72.0 Å². The van der Waals surface area contributed by atoms with Crippen molar-refractivity contribution < 1.29 is 14.7 Å². The second-order valence-corrected chi connectivity index (χ2v) is 16.5. The summed E-state index contributed by atoms with van der Waals surface area (Å²) < 4.78 is 60.5. The SMILES string of the molecule is [2H]c1c([2H])c(C([2H])([2H])[2H])c([2H])c([2H])c1-c1ccnc(-c2cc(-c3cccc4c3nc(-c3cc(C)cc(C)c3O)n4-c3ccc(CC(C)C)cc3-c3ccccc3)cc(C(C)(C)C)c2)c1. The molecule has 0 aliphatic rings. The van der Waals surface area contributed by atoms with Crippen LogP contribution in [-0.2, 0) is 11.8 Å². The van der Waals surface area contributed by atoms with E-state index >= 15 is 0 Å². The second-order valence-electron chi connectivity index (χ2n) is 16.5. The van der Waals surface area contributed by atoms with Crippen molar-refractivity contribution in [2.45, 2.75) is 67.2 Å². The number of rotatable bonds is 8. The second kappa shape index (κ2) is 15.0. The summed E-state index contributed by atoms with van der Waals surface area (Å²) in [7, 11) is 0. The summed E-state index contributed by atoms with van der Waals surface area (Å²) in [6, 6.07) is 34.7. The van der Waals surface area contributed by atoms with Gasteiger partial charge in [-0.1, -0.05) is 125 Å². The Balaban J connectivity index is 1.38. The van der Waals surface area contributed by atoms with E-state index in [1.165, 1.54) is 5.56 Å². The van der Waals surface area contributed by atoms with E-state index in [2.05, 4.69) is 93.8 Å². The molecule has 4 heteroatoms. The molecule has 0 bridgehead atoms. The number of imidazole rings is 1. The molecule has 0 aliphatic carbocycles. The maximum absolute atomic E-state index is 11.8. The monoisotopic (exact) mass is 752 g/mol. The molecule has 0 saturated carbocycles. The van der Waals surface area contributed by atoms with Crippen molar-refractivity contribution in [3.63, 3.8) is 0 Å². The highest BCUT2D eigenvalue weighted by molar-refractivity contribution is 5.98. The number of nitrogens with zero attached hydrogens (tertiary/aromatic N) is 3. The fourth-order valence-corrected chi connectivity index (χ4v) is 7.68. The van der Waals surface area contributed by atoms with Crippen LogP contribution in [0.15, 0.2) is 140 Å². The Bertz CT molecular complexity index is 3080. The van der Waals surface area contributed by atoms with Crippen LogP contribution in [-0.4, -0.2) is 19.6 Å². The molecule has 8 rings (SSSR count). The lowest BCUT2D eigenvalue weighted by Crippen LogP contribution is -2.11. The van der Waals surface area contributed by atoms with E-state index in [0.717, 1.165) is 67.6 Å². The highest BCUT2D eigenvalue weighted by atomic mass is 16.3. The molecule has 2 heterocycles. The van der Waals surface area contributed by atoms with Gasteiger partial charge in [-0.2, -0.15) is 0 Å². The molecule has 0 radical (unpaired) electrons. The number of phenols is 1. The highest BCUT2D eigenvalue weighted by Crippen LogP contribution is 2.43. The van der Waals surface area contributed by atoms with E-state index in [9.17, 15) is 5.11 Å². The lowest BCUT2D eigenvalue weighted by Gasteiger charge is -2.22. The zero-order chi connectivity index (χ0) is 46.0. The Morgan fingerprint density at radius 1 is 0.702 bits per heavy atom. The van der Waals surface area contributed by atoms with Crippen molar-refractivity contribution in [2.24, 2.45) is 5.92 Å². The molecule has 4 nitrogen and oxygen atoms in total. The number of pyridine rings is 1. The Morgan fingerprint density at radius 2 is 1.47 bits per heavy atom. The van der Waals surface area contributed by atoms with Crippen LogP contribution < -0.4 is 0 Å². The van der Waals surface area contributed by atoms with Crippen LogP contribution >= 0.6 is 0 Å². The van der Waals surface area contributed by atoms with Crippen LogP contribution in [0.4, 0.5) is 0 Å². The Morgan fingerprint density at radius 3 is 2.21 bits per heavy atom. The van der Waals surface area contributed by atoms with Gasteiger partial charge in [0.25, 0.3) is 0 Å². The highest BCUT2D eigenvalue weighted by Gasteiger charge is 2.24. The molecule has 0 fully saturated rings. The lowest BCUT2D eigenvalue weighted by atomic mass is 9.83. The van der Waals surface area contributed by atoms with Crippen LogP contribution in [0.25, 0.3) is 72.7 Å². The number of phenolic OH excluding ortho intramolecular Hbond substituents is 1. The van der Waals surface area contributed by atoms with E-state index in [-0.39, 0.29) is 16.7 Å². The third-order valence-electron chi connectivity index (χ3n) is 10.5. The van der Waals surface area contributed by atoms with E-state index in [1.807, 2.05) is 56.3 Å². The predicted octanol–water partition coefficient (Wildman–Crippen LogP) is 13.9. The Hall–Kier alpha value is -6.26. The topological polar surface area (TPSA) is 50.9 Å². The van der Waals surface area contributed by atoms with E-state index in [4.69, 9.17) is 19.6 Å². The first-order valence-corrected chi connectivity index (χ1v) is 19.5. The van der Waals surface area contributed by atoms with Gasteiger partial charge in [-0.15, -0.1) is 0 Å². The largest absolute Gasteiger partial charge is 0.507 e. The van der Waals surface area contributed by atoms with Crippen LogP contribution in [0.5, 0.6) is 5.75 Å². The number of fused-ring (bicyclic) bond motifs is 1. The minimum atomic E-state index is -2.81. The fraction of sp³-hybridized carbons (Fsp3) is 0.208. The van der Waals surface area contributed by atoms with Gasteiger partial charge in [0.1, 0.15) is 11.6 Å². The maximum Gasteiger partial charge on any atom is 0.149 e. The minimum Gasteiger partial charge on any atom is -0.507 e. The van der Waals surface area contributed by atoms with Crippen molar-refractivity contribution >= 4 is 11.0 Å². The molecule has 284 valence electrons. The van der Waals surface area contributed by atoms with Gasteiger partial charge in [-0.3, -0.25) is 9.55 Å². The van der Waals surface area contributed by atoms with Crippen molar-refractivity contribution in [3.8, 4) is 67.5 Å². The number of aromatic hydroxyl groups is 1. The summed E-state index contributed by atoms with van der Waals surface area (Å²) in [5.41, 5.74) is 11.8. The van der Waals surface area contributed by atoms with Gasteiger partial charge < -0.3 is 5.11 Å². The zero-order valence-corrected chi connectivity index (χ0v) is 33.5. The minimum absolute atomic E-state index is 0.00318. The van der Waals surface area contributed by atoms with Gasteiger partial charge in [0.15, 0.2) is 0 Å². The summed E-state index contributed by atoms with van der Waals surface area (Å²) in [6.07, 6.45) is 2.49. The number of benzene rings is 6. The molecule has 0 unspecified atom stereocenters. The molecule has 6 aromatic carbocycles. The summed E-state index contributed by atoms with van der Waals surface area (Å²) >= 11 is 0. The van der Waals surface area contributed by atoms with Gasteiger partial charge in [-0.05, 0) is 131 Å². The molecule has 57 heavy (non-hydrogen) atoms. The first-order valence-electron chi connectivity index (χ1n) is 23.0. The van der Waals surface area contributed by atoms with Crippen molar-refractivity contribution in [2.75, 3.05) is 0 Å². The number of hydrogen-bond donors (Lipinski definition) is 1. The maximum atomic E-state index is 11.8. The van der Waals surface area contributed by atoms with Gasteiger partial charge in [0, 0.05) is 27.0 Å². The molecule has 2 aromatic heterocycles. The molecule has 1 N–H and O–H groups in total. The number of para-hydroxylation sites is 1. The molecule has 8 aromatic rings. The van der Waals surface area contributed by atoms with E-state index < -0.39 is 36.6 Å². The van der Waals surface area contributed by atoms with Crippen molar-refractivity contribution in [1.29, 1.82) is 0 Å². The predicted molar refractivity (Wildman–Crippen MR) is 239 cm³/mol. The summed E-state index contributed by atoms with van der Waals surface area (Å²) in [5.74, 6) is 1.23.